The number of thioether (sulfide) groups is 2. The minimum atomic E-state index is -0.601. The van der Waals surface area contributed by atoms with Gasteiger partial charge in [0, 0.05) is 22.6 Å². The van der Waals surface area contributed by atoms with E-state index in [1.165, 1.54) is 5.56 Å². The lowest BCUT2D eigenvalue weighted by Crippen LogP contribution is -2.60. The molecule has 1 spiro atoms. The number of fused-ring (bicyclic) bond motifs is 2. The molecule has 4 aliphatic rings. The summed E-state index contributed by atoms with van der Waals surface area (Å²) in [6.07, 6.45) is -0.238. The molecule has 4 heterocycles. The van der Waals surface area contributed by atoms with Crippen molar-refractivity contribution in [2.45, 2.75) is 15.7 Å². The molecule has 25 heavy (non-hydrogen) atoms. The first-order valence-electron chi connectivity index (χ1n) is 8.29. The van der Waals surface area contributed by atoms with E-state index in [9.17, 15) is 4.79 Å². The minimum Gasteiger partial charge on any atom is -0.329 e. The zero-order valence-corrected chi connectivity index (χ0v) is 15.7. The van der Waals surface area contributed by atoms with Crippen molar-refractivity contribution in [3.63, 3.8) is 0 Å². The Balaban J connectivity index is 1.61. The molecule has 2 bridgehead atoms. The number of hydrogen-bond donors (Lipinski definition) is 0. The van der Waals surface area contributed by atoms with Crippen LogP contribution in [0, 0.1) is 5.92 Å². The molecule has 4 unspecified atom stereocenters. The molecule has 0 radical (unpaired) electrons. The number of ether oxygens (including phenoxy) is 1. The van der Waals surface area contributed by atoms with Crippen molar-refractivity contribution in [3.05, 3.63) is 70.7 Å². The third-order valence-electron chi connectivity index (χ3n) is 5.01. The number of carbonyl (C=O) groups is 1. The predicted molar refractivity (Wildman–Crippen MR) is 102 cm³/mol. The Hall–Kier alpha value is -1.14. The van der Waals surface area contributed by atoms with Crippen LogP contribution in [0.4, 0.5) is 0 Å². The summed E-state index contributed by atoms with van der Waals surface area (Å²) in [4.78, 5) is 15.2. The Bertz CT molecular complexity index is 816. The average molecular weight is 390 g/mol. The Morgan fingerprint density at radius 1 is 1.08 bits per heavy atom. The highest BCUT2D eigenvalue weighted by molar-refractivity contribution is 8.18. The van der Waals surface area contributed by atoms with Crippen LogP contribution in [-0.4, -0.2) is 27.5 Å². The summed E-state index contributed by atoms with van der Waals surface area (Å²) in [6, 6.07) is 18.0. The summed E-state index contributed by atoms with van der Waals surface area (Å²) >= 11 is 9.56. The van der Waals surface area contributed by atoms with E-state index in [0.717, 1.165) is 17.9 Å². The third kappa shape index (κ3) is 2.44. The number of benzene rings is 2. The number of nitrogens with zero attached hydrogens (tertiary/aromatic N) is 1. The highest BCUT2D eigenvalue weighted by Gasteiger charge is 2.64. The first kappa shape index (κ1) is 16.1. The molecular formula is C19H16ClNO2S2. The maximum atomic E-state index is 13.3. The lowest BCUT2D eigenvalue weighted by Gasteiger charge is -2.55. The zero-order valence-electron chi connectivity index (χ0n) is 13.3. The smallest absolute Gasteiger partial charge is 0.243 e. The molecular weight excluding hydrogens is 374 g/mol. The van der Waals surface area contributed by atoms with Gasteiger partial charge in [0.05, 0.1) is 5.92 Å². The van der Waals surface area contributed by atoms with E-state index in [1.807, 2.05) is 47.4 Å². The van der Waals surface area contributed by atoms with Crippen molar-refractivity contribution >= 4 is 41.0 Å². The number of rotatable bonds is 2. The Morgan fingerprint density at radius 3 is 2.60 bits per heavy atom. The van der Waals surface area contributed by atoms with Gasteiger partial charge in [-0.1, -0.05) is 77.6 Å². The van der Waals surface area contributed by atoms with E-state index in [-0.39, 0.29) is 23.2 Å². The van der Waals surface area contributed by atoms with Gasteiger partial charge in [-0.3, -0.25) is 9.69 Å². The van der Waals surface area contributed by atoms with Crippen LogP contribution in [0.5, 0.6) is 0 Å². The van der Waals surface area contributed by atoms with Gasteiger partial charge in [0.1, 0.15) is 6.10 Å². The SMILES string of the molecule is O=C1C2C(c3ccc(Cl)cc3)OC3(SCCN13)SC2c1ccccc1. The Morgan fingerprint density at radius 2 is 1.84 bits per heavy atom. The largest absolute Gasteiger partial charge is 0.329 e. The molecule has 4 aliphatic heterocycles. The summed E-state index contributed by atoms with van der Waals surface area (Å²) in [5, 5.41) is 0.796. The summed E-state index contributed by atoms with van der Waals surface area (Å²) in [7, 11) is 0. The standard InChI is InChI=1S/C19H16ClNO2S2/c20-14-8-6-12(7-9-14)16-15-17(13-4-2-1-3-5-13)25-19(23-16)21(18(15)22)10-11-24-19/h1-9,15-17H,10-11H2. The van der Waals surface area contributed by atoms with Gasteiger partial charge < -0.3 is 4.74 Å². The van der Waals surface area contributed by atoms with E-state index in [0.29, 0.717) is 5.02 Å². The average Bonchev–Trinajstić information content (AvgIpc) is 3.07. The highest BCUT2D eigenvalue weighted by atomic mass is 35.5. The van der Waals surface area contributed by atoms with E-state index in [2.05, 4.69) is 12.1 Å². The topological polar surface area (TPSA) is 29.5 Å². The van der Waals surface area contributed by atoms with Crippen LogP contribution in [0.3, 0.4) is 0 Å². The van der Waals surface area contributed by atoms with E-state index >= 15 is 0 Å². The number of carbonyl (C=O) groups excluding carboxylic acids is 1. The fraction of sp³-hybridized carbons (Fsp3) is 0.316. The van der Waals surface area contributed by atoms with Gasteiger partial charge in [-0.05, 0) is 23.3 Å². The van der Waals surface area contributed by atoms with E-state index in [1.54, 1.807) is 23.5 Å². The first-order valence-corrected chi connectivity index (χ1v) is 10.5. The second kappa shape index (κ2) is 5.95. The van der Waals surface area contributed by atoms with Crippen LogP contribution < -0.4 is 0 Å². The van der Waals surface area contributed by atoms with Crippen LogP contribution in [-0.2, 0) is 9.53 Å². The third-order valence-corrected chi connectivity index (χ3v) is 8.41. The van der Waals surface area contributed by atoms with Gasteiger partial charge >= 0.3 is 0 Å². The fourth-order valence-electron chi connectivity index (χ4n) is 3.86. The van der Waals surface area contributed by atoms with Crippen LogP contribution >= 0.6 is 35.1 Å². The van der Waals surface area contributed by atoms with Gasteiger partial charge in [-0.15, -0.1) is 0 Å². The Labute approximate surface area is 160 Å². The highest BCUT2D eigenvalue weighted by Crippen LogP contribution is 2.66. The predicted octanol–water partition coefficient (Wildman–Crippen LogP) is 4.70. The lowest BCUT2D eigenvalue weighted by molar-refractivity contribution is -0.182. The summed E-state index contributed by atoms with van der Waals surface area (Å²) in [6.45, 7) is 0.766. The molecule has 4 fully saturated rings. The molecule has 0 aromatic heterocycles. The van der Waals surface area contributed by atoms with Gasteiger partial charge in [0.2, 0.25) is 10.3 Å². The molecule has 2 aromatic rings. The minimum absolute atomic E-state index is 0.102. The van der Waals surface area contributed by atoms with Crippen molar-refractivity contribution in [1.82, 2.24) is 4.90 Å². The van der Waals surface area contributed by atoms with Crippen molar-refractivity contribution in [2.24, 2.45) is 5.92 Å². The van der Waals surface area contributed by atoms with Crippen LogP contribution in [0.25, 0.3) is 0 Å². The molecule has 0 N–H and O–H groups in total. The zero-order chi connectivity index (χ0) is 17.0. The van der Waals surface area contributed by atoms with Crippen molar-refractivity contribution in [3.8, 4) is 0 Å². The maximum Gasteiger partial charge on any atom is 0.243 e. The van der Waals surface area contributed by atoms with Crippen LogP contribution in [0.1, 0.15) is 22.5 Å². The lowest BCUT2D eigenvalue weighted by atomic mass is 9.86. The second-order valence-corrected chi connectivity index (χ2v) is 9.67. The number of hydrogen-bond acceptors (Lipinski definition) is 4. The maximum absolute atomic E-state index is 13.3. The van der Waals surface area contributed by atoms with Gasteiger partial charge in [0.25, 0.3) is 0 Å². The molecule has 3 nitrogen and oxygen atoms in total. The van der Waals surface area contributed by atoms with Crippen molar-refractivity contribution in [2.75, 3.05) is 12.3 Å². The molecule has 0 aliphatic carbocycles. The van der Waals surface area contributed by atoms with E-state index < -0.39 is 4.39 Å². The van der Waals surface area contributed by atoms with Crippen LogP contribution in [0.2, 0.25) is 5.02 Å². The first-order chi connectivity index (χ1) is 12.2. The molecule has 6 heteroatoms. The molecule has 1 amide bonds. The molecule has 0 saturated carbocycles. The second-order valence-electron chi connectivity index (χ2n) is 6.43. The summed E-state index contributed by atoms with van der Waals surface area (Å²) in [5.74, 6) is 0.915. The Kier molecular flexibility index (Phi) is 3.82. The summed E-state index contributed by atoms with van der Waals surface area (Å²) < 4.78 is 5.93. The molecule has 2 aromatic carbocycles. The molecule has 4 atom stereocenters. The van der Waals surface area contributed by atoms with Gasteiger partial charge in [-0.25, -0.2) is 0 Å². The number of amides is 1. The van der Waals surface area contributed by atoms with Gasteiger partial charge in [0.15, 0.2) is 0 Å². The fourth-order valence-corrected chi connectivity index (χ4v) is 7.35. The molecule has 128 valence electrons. The van der Waals surface area contributed by atoms with Crippen molar-refractivity contribution < 1.29 is 9.53 Å². The quantitative estimate of drug-likeness (QED) is 0.744. The van der Waals surface area contributed by atoms with E-state index in [4.69, 9.17) is 16.3 Å². The monoisotopic (exact) mass is 389 g/mol. The van der Waals surface area contributed by atoms with Gasteiger partial charge in [-0.2, -0.15) is 0 Å². The van der Waals surface area contributed by atoms with Crippen LogP contribution in [0.15, 0.2) is 54.6 Å². The normalized spacial score (nSPS) is 33.6. The van der Waals surface area contributed by atoms with Crippen molar-refractivity contribution in [1.29, 1.82) is 0 Å². The summed E-state index contributed by atoms with van der Waals surface area (Å²) in [5.41, 5.74) is 2.22. The molecule has 4 saturated heterocycles. The molecule has 6 rings (SSSR count). The number of halogens is 1.